The van der Waals surface area contributed by atoms with Gasteiger partial charge in [-0.2, -0.15) is 5.26 Å². The molecule has 1 heterocycles. The van der Waals surface area contributed by atoms with Crippen LogP contribution in [0.15, 0.2) is 54.6 Å². The number of nitrogens with zero attached hydrogens (tertiary/aromatic N) is 2. The van der Waals surface area contributed by atoms with E-state index in [0.717, 1.165) is 18.4 Å². The van der Waals surface area contributed by atoms with Gasteiger partial charge < -0.3 is 20.6 Å². The van der Waals surface area contributed by atoms with E-state index in [1.807, 2.05) is 30.3 Å². The summed E-state index contributed by atoms with van der Waals surface area (Å²) in [5, 5.41) is 23.3. The van der Waals surface area contributed by atoms with E-state index in [4.69, 9.17) is 10.4 Å². The molecular formula is C27H30N4O4. The molecule has 2 aromatic carbocycles. The molecule has 35 heavy (non-hydrogen) atoms. The fourth-order valence-electron chi connectivity index (χ4n) is 5.34. The molecule has 0 aromatic heterocycles. The van der Waals surface area contributed by atoms with Gasteiger partial charge in [-0.3, -0.25) is 9.59 Å². The smallest absolute Gasteiger partial charge is 0.404 e. The highest BCUT2D eigenvalue weighted by Gasteiger charge is 2.44. The highest BCUT2D eigenvalue weighted by Crippen LogP contribution is 2.38. The molecule has 3 N–H and O–H groups in total. The molecule has 2 fully saturated rings. The molecule has 1 aliphatic carbocycles. The van der Waals surface area contributed by atoms with Gasteiger partial charge in [-0.05, 0) is 67.9 Å². The summed E-state index contributed by atoms with van der Waals surface area (Å²) in [6, 6.07) is 18.0. The number of carbonyl (C=O) groups is 3. The van der Waals surface area contributed by atoms with Crippen molar-refractivity contribution in [3.63, 3.8) is 0 Å². The van der Waals surface area contributed by atoms with Crippen molar-refractivity contribution in [1.29, 1.82) is 5.26 Å². The Bertz CT molecular complexity index is 1090. The van der Waals surface area contributed by atoms with Crippen LogP contribution in [0.3, 0.4) is 0 Å². The summed E-state index contributed by atoms with van der Waals surface area (Å²) >= 11 is 0. The van der Waals surface area contributed by atoms with E-state index >= 15 is 0 Å². The Labute approximate surface area is 204 Å². The van der Waals surface area contributed by atoms with Crippen LogP contribution in [-0.4, -0.2) is 47.0 Å². The molecule has 8 heteroatoms. The van der Waals surface area contributed by atoms with E-state index in [-0.39, 0.29) is 29.6 Å². The van der Waals surface area contributed by atoms with Crippen LogP contribution in [-0.2, 0) is 9.59 Å². The third-order valence-electron chi connectivity index (χ3n) is 7.20. The largest absolute Gasteiger partial charge is 0.465 e. The summed E-state index contributed by atoms with van der Waals surface area (Å²) in [6.07, 6.45) is 2.65. The van der Waals surface area contributed by atoms with E-state index in [2.05, 4.69) is 16.7 Å². The highest BCUT2D eigenvalue weighted by molar-refractivity contribution is 5.98. The lowest BCUT2D eigenvalue weighted by Crippen LogP contribution is -2.48. The minimum atomic E-state index is -1.02. The van der Waals surface area contributed by atoms with Crippen LogP contribution in [0.1, 0.15) is 49.1 Å². The molecule has 182 valence electrons. The van der Waals surface area contributed by atoms with Crippen LogP contribution in [0.2, 0.25) is 0 Å². The number of rotatable bonds is 6. The van der Waals surface area contributed by atoms with Gasteiger partial charge >= 0.3 is 6.09 Å². The maximum atomic E-state index is 13.6. The number of amides is 3. The fraction of sp³-hybridized carbons (Fsp3) is 0.407. The number of anilines is 1. The standard InChI is InChI=1S/C27H30N4O4/c28-16-18-8-12-22(13-9-18)30-25(32)24-23(20-4-2-1-3-5-20)14-15-31(24)26(33)21-10-6-19(7-11-21)17-29-27(34)35/h1-5,8-9,12-13,19,21,23-24,29H,6-7,10-11,14-15,17H2,(H,30,32)(H,34,35). The summed E-state index contributed by atoms with van der Waals surface area (Å²) in [5.41, 5.74) is 2.13. The van der Waals surface area contributed by atoms with Crippen molar-refractivity contribution < 1.29 is 19.5 Å². The van der Waals surface area contributed by atoms with Crippen molar-refractivity contribution in [1.82, 2.24) is 10.2 Å². The molecule has 3 amide bonds. The van der Waals surface area contributed by atoms with E-state index in [9.17, 15) is 14.4 Å². The molecule has 0 spiro atoms. The summed E-state index contributed by atoms with van der Waals surface area (Å²) in [5.74, 6) is -0.242. The first-order valence-corrected chi connectivity index (χ1v) is 12.1. The first kappa shape index (κ1) is 24.3. The third kappa shape index (κ3) is 5.80. The minimum Gasteiger partial charge on any atom is -0.465 e. The lowest BCUT2D eigenvalue weighted by Gasteiger charge is -2.33. The number of benzene rings is 2. The van der Waals surface area contributed by atoms with Gasteiger partial charge in [0.1, 0.15) is 6.04 Å². The molecule has 2 unspecified atom stereocenters. The quantitative estimate of drug-likeness (QED) is 0.585. The monoisotopic (exact) mass is 474 g/mol. The number of nitriles is 1. The normalized spacial score (nSPS) is 23.8. The summed E-state index contributed by atoms with van der Waals surface area (Å²) in [7, 11) is 0. The number of nitrogens with one attached hydrogen (secondary N) is 2. The van der Waals surface area contributed by atoms with Crippen molar-refractivity contribution in [2.75, 3.05) is 18.4 Å². The summed E-state index contributed by atoms with van der Waals surface area (Å²) in [6.45, 7) is 0.927. The van der Waals surface area contributed by atoms with E-state index in [1.165, 1.54) is 0 Å². The maximum absolute atomic E-state index is 13.6. The number of hydrogen-bond acceptors (Lipinski definition) is 4. The number of hydrogen-bond donors (Lipinski definition) is 3. The van der Waals surface area contributed by atoms with Gasteiger partial charge in [0, 0.05) is 30.6 Å². The molecule has 8 nitrogen and oxygen atoms in total. The number of carbonyl (C=O) groups excluding carboxylic acids is 2. The Morgan fingerprint density at radius 2 is 1.66 bits per heavy atom. The number of carboxylic acid groups (broad SMARTS) is 1. The van der Waals surface area contributed by atoms with Gasteiger partial charge in [-0.1, -0.05) is 30.3 Å². The average Bonchev–Trinajstić information content (AvgIpc) is 3.34. The van der Waals surface area contributed by atoms with Crippen molar-refractivity contribution in [3.05, 3.63) is 65.7 Å². The molecule has 2 atom stereocenters. The average molecular weight is 475 g/mol. The second kappa shape index (κ2) is 11.0. The Hall–Kier alpha value is -3.86. The van der Waals surface area contributed by atoms with E-state index < -0.39 is 12.1 Å². The van der Waals surface area contributed by atoms with Crippen molar-refractivity contribution in [2.45, 2.75) is 44.1 Å². The first-order chi connectivity index (χ1) is 17.0. The third-order valence-corrected chi connectivity index (χ3v) is 7.20. The van der Waals surface area contributed by atoms with Crippen LogP contribution < -0.4 is 10.6 Å². The zero-order valence-corrected chi connectivity index (χ0v) is 19.5. The fourth-order valence-corrected chi connectivity index (χ4v) is 5.34. The lowest BCUT2D eigenvalue weighted by atomic mass is 9.81. The molecule has 2 aromatic rings. The van der Waals surface area contributed by atoms with Gasteiger partial charge in [0.15, 0.2) is 0 Å². The van der Waals surface area contributed by atoms with Crippen molar-refractivity contribution in [3.8, 4) is 6.07 Å². The topological polar surface area (TPSA) is 123 Å². The van der Waals surface area contributed by atoms with Crippen LogP contribution in [0.25, 0.3) is 0 Å². The van der Waals surface area contributed by atoms with Gasteiger partial charge in [-0.25, -0.2) is 4.79 Å². The Kier molecular flexibility index (Phi) is 7.66. The van der Waals surface area contributed by atoms with Gasteiger partial charge in [-0.15, -0.1) is 0 Å². The zero-order chi connectivity index (χ0) is 24.8. The van der Waals surface area contributed by atoms with Crippen LogP contribution in [0.5, 0.6) is 0 Å². The second-order valence-electron chi connectivity index (χ2n) is 9.36. The second-order valence-corrected chi connectivity index (χ2v) is 9.36. The highest BCUT2D eigenvalue weighted by atomic mass is 16.4. The lowest BCUT2D eigenvalue weighted by molar-refractivity contribution is -0.141. The Balaban J connectivity index is 1.49. The number of likely N-dealkylation sites (tertiary alicyclic amines) is 1. The molecule has 4 rings (SSSR count). The van der Waals surface area contributed by atoms with Crippen molar-refractivity contribution in [2.24, 2.45) is 11.8 Å². The zero-order valence-electron chi connectivity index (χ0n) is 19.5. The predicted molar refractivity (Wildman–Crippen MR) is 131 cm³/mol. The SMILES string of the molecule is N#Cc1ccc(NC(=O)C2C(c3ccccc3)CCN2C(=O)C2CCC(CNC(=O)O)CC2)cc1. The van der Waals surface area contributed by atoms with Crippen LogP contribution in [0, 0.1) is 23.2 Å². The van der Waals surface area contributed by atoms with E-state index in [0.29, 0.717) is 43.6 Å². The Morgan fingerprint density at radius 3 is 2.29 bits per heavy atom. The minimum absolute atomic E-state index is 0.00746. The molecule has 2 aliphatic rings. The van der Waals surface area contributed by atoms with Crippen LogP contribution in [0.4, 0.5) is 10.5 Å². The summed E-state index contributed by atoms with van der Waals surface area (Å²) < 4.78 is 0. The van der Waals surface area contributed by atoms with Crippen LogP contribution >= 0.6 is 0 Å². The molecule has 1 saturated carbocycles. The van der Waals surface area contributed by atoms with Gasteiger partial charge in [0.25, 0.3) is 0 Å². The first-order valence-electron chi connectivity index (χ1n) is 12.1. The van der Waals surface area contributed by atoms with E-state index in [1.54, 1.807) is 29.2 Å². The maximum Gasteiger partial charge on any atom is 0.404 e. The molecule has 1 saturated heterocycles. The summed E-state index contributed by atoms with van der Waals surface area (Å²) in [4.78, 5) is 39.6. The van der Waals surface area contributed by atoms with Gasteiger partial charge in [0.2, 0.25) is 11.8 Å². The van der Waals surface area contributed by atoms with Gasteiger partial charge in [0.05, 0.1) is 11.6 Å². The molecule has 0 bridgehead atoms. The molecular weight excluding hydrogens is 444 g/mol. The Morgan fingerprint density at radius 1 is 0.971 bits per heavy atom. The molecule has 1 aliphatic heterocycles. The predicted octanol–water partition coefficient (Wildman–Crippen LogP) is 3.96. The molecule has 0 radical (unpaired) electrons. The van der Waals surface area contributed by atoms with Crippen molar-refractivity contribution >= 4 is 23.6 Å².